The van der Waals surface area contributed by atoms with Crippen LogP contribution in [0.4, 0.5) is 0 Å². The molecule has 3 aliphatic rings. The molecule has 0 spiro atoms. The monoisotopic (exact) mass is 369 g/mol. The van der Waals surface area contributed by atoms with Gasteiger partial charge in [0.15, 0.2) is 0 Å². The van der Waals surface area contributed by atoms with Crippen LogP contribution in [0.15, 0.2) is 18.2 Å². The minimum absolute atomic E-state index is 0.0304. The Balaban J connectivity index is 1.48. The summed E-state index contributed by atoms with van der Waals surface area (Å²) in [5.74, 6) is 0.652. The molecule has 2 amide bonds. The van der Waals surface area contributed by atoms with Crippen LogP contribution >= 0.6 is 0 Å². The fourth-order valence-corrected chi connectivity index (χ4v) is 4.44. The molecule has 1 N–H and O–H groups in total. The minimum atomic E-state index is 0.0304. The minimum Gasteiger partial charge on any atom is -0.481 e. The van der Waals surface area contributed by atoms with E-state index in [2.05, 4.69) is 22.5 Å². The number of methoxy groups -OCH3 is 1. The Labute approximate surface area is 160 Å². The SMILES string of the molecule is COc1nc2c(cc1CNC(=O)C1CC=CCC1)C(=O)N(C1CCCC1)C2. The number of pyridine rings is 1. The highest BCUT2D eigenvalue weighted by atomic mass is 16.5. The Morgan fingerprint density at radius 2 is 2.11 bits per heavy atom. The number of carbonyl (C=O) groups is 2. The number of fused-ring (bicyclic) bond motifs is 1. The van der Waals surface area contributed by atoms with Crippen molar-refractivity contribution in [2.45, 2.75) is 64.1 Å². The van der Waals surface area contributed by atoms with E-state index in [9.17, 15) is 9.59 Å². The topological polar surface area (TPSA) is 71.5 Å². The highest BCUT2D eigenvalue weighted by Gasteiger charge is 2.36. The molecule has 1 aromatic heterocycles. The Bertz CT molecular complexity index is 768. The lowest BCUT2D eigenvalue weighted by Crippen LogP contribution is -2.33. The Morgan fingerprint density at radius 3 is 2.81 bits per heavy atom. The van der Waals surface area contributed by atoms with Gasteiger partial charge in [0.05, 0.1) is 24.9 Å². The second-order valence-electron chi connectivity index (χ2n) is 7.72. The summed E-state index contributed by atoms with van der Waals surface area (Å²) in [6.07, 6.45) is 11.4. The van der Waals surface area contributed by atoms with Crippen molar-refractivity contribution in [3.8, 4) is 5.88 Å². The summed E-state index contributed by atoms with van der Waals surface area (Å²) in [6, 6.07) is 2.19. The first-order valence-electron chi connectivity index (χ1n) is 9.98. The van der Waals surface area contributed by atoms with Crippen molar-refractivity contribution in [3.05, 3.63) is 35.0 Å². The summed E-state index contributed by atoms with van der Waals surface area (Å²) in [6.45, 7) is 0.898. The first-order valence-corrected chi connectivity index (χ1v) is 9.98. The first kappa shape index (κ1) is 18.0. The van der Waals surface area contributed by atoms with E-state index in [4.69, 9.17) is 4.74 Å². The molecule has 0 bridgehead atoms. The van der Waals surface area contributed by atoms with Crippen LogP contribution in [-0.2, 0) is 17.9 Å². The molecule has 4 rings (SSSR count). The van der Waals surface area contributed by atoms with E-state index in [1.807, 2.05) is 11.0 Å². The number of hydrogen-bond donors (Lipinski definition) is 1. The number of rotatable bonds is 5. The van der Waals surface area contributed by atoms with Crippen LogP contribution in [0.2, 0.25) is 0 Å². The van der Waals surface area contributed by atoms with E-state index < -0.39 is 0 Å². The van der Waals surface area contributed by atoms with Crippen molar-refractivity contribution in [2.24, 2.45) is 5.92 Å². The van der Waals surface area contributed by atoms with Crippen LogP contribution in [0.3, 0.4) is 0 Å². The summed E-state index contributed by atoms with van der Waals surface area (Å²) < 4.78 is 5.44. The Hall–Kier alpha value is -2.37. The zero-order valence-electron chi connectivity index (χ0n) is 15.9. The van der Waals surface area contributed by atoms with Crippen LogP contribution in [0, 0.1) is 5.92 Å². The molecule has 2 heterocycles. The van der Waals surface area contributed by atoms with E-state index in [0.717, 1.165) is 43.4 Å². The van der Waals surface area contributed by atoms with Crippen molar-refractivity contribution >= 4 is 11.8 Å². The number of nitrogens with one attached hydrogen (secondary N) is 1. The number of amides is 2. The van der Waals surface area contributed by atoms with Crippen LogP contribution in [0.25, 0.3) is 0 Å². The van der Waals surface area contributed by atoms with E-state index in [0.29, 0.717) is 30.6 Å². The third-order valence-electron chi connectivity index (χ3n) is 6.00. The summed E-state index contributed by atoms with van der Waals surface area (Å²) in [7, 11) is 1.58. The van der Waals surface area contributed by atoms with Gasteiger partial charge in [0, 0.05) is 24.1 Å². The zero-order chi connectivity index (χ0) is 18.8. The number of allylic oxidation sites excluding steroid dienone is 2. The Kier molecular flexibility index (Phi) is 5.14. The van der Waals surface area contributed by atoms with Gasteiger partial charge in [0.1, 0.15) is 0 Å². The molecule has 1 unspecified atom stereocenters. The lowest BCUT2D eigenvalue weighted by atomic mass is 9.93. The van der Waals surface area contributed by atoms with E-state index >= 15 is 0 Å². The van der Waals surface area contributed by atoms with Gasteiger partial charge in [-0.3, -0.25) is 9.59 Å². The molecule has 2 aliphatic carbocycles. The summed E-state index contributed by atoms with van der Waals surface area (Å²) in [5.41, 5.74) is 2.21. The fraction of sp³-hybridized carbons (Fsp3) is 0.571. The third-order valence-corrected chi connectivity index (χ3v) is 6.00. The molecule has 27 heavy (non-hydrogen) atoms. The molecular weight excluding hydrogens is 342 g/mol. The van der Waals surface area contributed by atoms with Crippen molar-refractivity contribution in [3.63, 3.8) is 0 Å². The van der Waals surface area contributed by atoms with Crippen molar-refractivity contribution in [2.75, 3.05) is 7.11 Å². The molecule has 0 saturated heterocycles. The molecule has 1 atom stereocenters. The zero-order valence-corrected chi connectivity index (χ0v) is 15.9. The quantitative estimate of drug-likeness (QED) is 0.810. The van der Waals surface area contributed by atoms with Gasteiger partial charge in [-0.05, 0) is 38.2 Å². The molecule has 6 nitrogen and oxygen atoms in total. The van der Waals surface area contributed by atoms with E-state index in [-0.39, 0.29) is 17.7 Å². The number of nitrogens with zero attached hydrogens (tertiary/aromatic N) is 2. The molecule has 0 aromatic carbocycles. The molecule has 1 saturated carbocycles. The molecule has 6 heteroatoms. The number of carbonyl (C=O) groups excluding carboxylic acids is 2. The van der Waals surface area contributed by atoms with Gasteiger partial charge in [0.2, 0.25) is 11.8 Å². The van der Waals surface area contributed by atoms with Crippen molar-refractivity contribution in [1.82, 2.24) is 15.2 Å². The second-order valence-corrected chi connectivity index (χ2v) is 7.72. The molecular formula is C21H27N3O3. The maximum atomic E-state index is 12.9. The largest absolute Gasteiger partial charge is 0.481 e. The van der Waals surface area contributed by atoms with Gasteiger partial charge < -0.3 is 15.0 Å². The van der Waals surface area contributed by atoms with Gasteiger partial charge in [0.25, 0.3) is 5.91 Å². The maximum Gasteiger partial charge on any atom is 0.256 e. The van der Waals surface area contributed by atoms with Crippen molar-refractivity contribution < 1.29 is 14.3 Å². The first-order chi connectivity index (χ1) is 13.2. The standard InChI is InChI=1S/C21H27N3O3/c1-27-20-15(12-22-19(25)14-7-3-2-4-8-14)11-17-18(23-20)13-24(21(17)26)16-9-5-6-10-16/h2-3,11,14,16H,4-10,12-13H2,1H3,(H,22,25). The number of ether oxygens (including phenoxy) is 1. The highest BCUT2D eigenvalue weighted by molar-refractivity contribution is 5.98. The molecule has 144 valence electrons. The van der Waals surface area contributed by atoms with Crippen LogP contribution < -0.4 is 10.1 Å². The lowest BCUT2D eigenvalue weighted by Gasteiger charge is -2.22. The lowest BCUT2D eigenvalue weighted by molar-refractivity contribution is -0.125. The Morgan fingerprint density at radius 1 is 1.30 bits per heavy atom. The summed E-state index contributed by atoms with van der Waals surface area (Å²) >= 11 is 0. The molecule has 1 aliphatic heterocycles. The van der Waals surface area contributed by atoms with E-state index in [1.54, 1.807) is 7.11 Å². The summed E-state index contributed by atoms with van der Waals surface area (Å²) in [4.78, 5) is 31.8. The van der Waals surface area contributed by atoms with Crippen LogP contribution in [-0.4, -0.2) is 34.8 Å². The summed E-state index contributed by atoms with van der Waals surface area (Å²) in [5, 5.41) is 3.00. The van der Waals surface area contributed by atoms with Gasteiger partial charge in [-0.25, -0.2) is 4.98 Å². The predicted octanol–water partition coefficient (Wildman–Crippen LogP) is 2.96. The van der Waals surface area contributed by atoms with Gasteiger partial charge in [-0.15, -0.1) is 0 Å². The second kappa shape index (κ2) is 7.71. The van der Waals surface area contributed by atoms with Gasteiger partial charge >= 0.3 is 0 Å². The number of aromatic nitrogens is 1. The van der Waals surface area contributed by atoms with Gasteiger partial charge in [-0.1, -0.05) is 25.0 Å². The average molecular weight is 369 g/mol. The normalized spacial score (nSPS) is 22.2. The third kappa shape index (κ3) is 3.57. The van der Waals surface area contributed by atoms with Crippen molar-refractivity contribution in [1.29, 1.82) is 0 Å². The van der Waals surface area contributed by atoms with Crippen LogP contribution in [0.5, 0.6) is 5.88 Å². The van der Waals surface area contributed by atoms with E-state index in [1.165, 1.54) is 12.8 Å². The van der Waals surface area contributed by atoms with Gasteiger partial charge in [-0.2, -0.15) is 0 Å². The molecule has 1 fully saturated rings. The van der Waals surface area contributed by atoms with Crippen LogP contribution in [0.1, 0.15) is 66.6 Å². The molecule has 0 radical (unpaired) electrons. The average Bonchev–Trinajstić information content (AvgIpc) is 3.34. The highest BCUT2D eigenvalue weighted by Crippen LogP contribution is 2.33. The molecule has 1 aromatic rings. The maximum absolute atomic E-state index is 12.9. The smallest absolute Gasteiger partial charge is 0.256 e. The predicted molar refractivity (Wildman–Crippen MR) is 101 cm³/mol. The number of hydrogen-bond acceptors (Lipinski definition) is 4. The fourth-order valence-electron chi connectivity index (χ4n) is 4.44.